The van der Waals surface area contributed by atoms with Crippen LogP contribution in [0, 0.1) is 13.8 Å². The largest absolute Gasteiger partial charge is 0.352 e. The standard InChI is InChI=1S/C30H43N3O4S/c1-5-27(30(35)31-26-13-7-6-8-14-26)32(22-25-19-17-23(2)18-20-25)29(34)16-11-21-33(38(4,36)37)28-15-10-9-12-24(28)3/h9-10,12,15,17-20,26-27H,5-8,11,13-14,16,21-22H2,1-4H3,(H,31,35)/t27-/m1/s1. The first-order chi connectivity index (χ1) is 18.1. The number of nitrogens with zero attached hydrogens (tertiary/aromatic N) is 2. The van der Waals surface area contributed by atoms with Crippen LogP contribution in [0.5, 0.6) is 0 Å². The molecule has 8 heteroatoms. The number of aryl methyl sites for hydroxylation is 2. The van der Waals surface area contributed by atoms with Crippen LogP contribution in [0.3, 0.4) is 0 Å². The molecule has 2 amide bonds. The molecule has 0 radical (unpaired) electrons. The molecule has 0 spiro atoms. The first-order valence-corrected chi connectivity index (χ1v) is 15.6. The van der Waals surface area contributed by atoms with Crippen molar-refractivity contribution in [3.8, 4) is 0 Å². The monoisotopic (exact) mass is 541 g/mol. The third-order valence-corrected chi connectivity index (χ3v) is 8.53. The molecule has 1 N–H and O–H groups in total. The summed E-state index contributed by atoms with van der Waals surface area (Å²) in [5.74, 6) is -0.244. The molecule has 2 aromatic rings. The summed E-state index contributed by atoms with van der Waals surface area (Å²) in [5.41, 5.74) is 3.57. The second-order valence-electron chi connectivity index (χ2n) is 10.5. The molecule has 0 unspecified atom stereocenters. The van der Waals surface area contributed by atoms with Gasteiger partial charge in [0.05, 0.1) is 11.9 Å². The van der Waals surface area contributed by atoms with E-state index in [0.29, 0.717) is 25.1 Å². The third-order valence-electron chi connectivity index (χ3n) is 7.35. The Hall–Kier alpha value is -2.87. The second-order valence-corrected chi connectivity index (χ2v) is 12.4. The molecule has 0 aliphatic heterocycles. The Bertz CT molecular complexity index is 1170. The Balaban J connectivity index is 1.76. The van der Waals surface area contributed by atoms with Gasteiger partial charge in [0.25, 0.3) is 0 Å². The van der Waals surface area contributed by atoms with E-state index in [1.54, 1.807) is 11.0 Å². The molecule has 2 aromatic carbocycles. The van der Waals surface area contributed by atoms with Crippen LogP contribution in [0.4, 0.5) is 5.69 Å². The molecule has 1 saturated carbocycles. The van der Waals surface area contributed by atoms with Crippen LogP contribution in [0.2, 0.25) is 0 Å². The maximum absolute atomic E-state index is 13.6. The van der Waals surface area contributed by atoms with Gasteiger partial charge in [0, 0.05) is 25.6 Å². The first-order valence-electron chi connectivity index (χ1n) is 13.8. The Morgan fingerprint density at radius 3 is 2.26 bits per heavy atom. The number of benzene rings is 2. The van der Waals surface area contributed by atoms with Crippen LogP contribution >= 0.6 is 0 Å². The molecule has 1 aliphatic rings. The Labute approximate surface area is 228 Å². The summed E-state index contributed by atoms with van der Waals surface area (Å²) in [5, 5.41) is 3.20. The fraction of sp³-hybridized carbons (Fsp3) is 0.533. The molecule has 1 atom stereocenters. The number of nitrogens with one attached hydrogen (secondary N) is 1. The summed E-state index contributed by atoms with van der Waals surface area (Å²) >= 11 is 0. The second kappa shape index (κ2) is 13.8. The zero-order valence-electron chi connectivity index (χ0n) is 23.3. The predicted molar refractivity (Wildman–Crippen MR) is 153 cm³/mol. The highest BCUT2D eigenvalue weighted by Gasteiger charge is 2.30. The van der Waals surface area contributed by atoms with Gasteiger partial charge < -0.3 is 10.2 Å². The van der Waals surface area contributed by atoms with Crippen molar-refractivity contribution < 1.29 is 18.0 Å². The van der Waals surface area contributed by atoms with Crippen LogP contribution in [-0.4, -0.2) is 50.0 Å². The van der Waals surface area contributed by atoms with Crippen molar-refractivity contribution in [2.24, 2.45) is 0 Å². The van der Waals surface area contributed by atoms with E-state index < -0.39 is 16.1 Å². The lowest BCUT2D eigenvalue weighted by molar-refractivity contribution is -0.141. The predicted octanol–water partition coefficient (Wildman–Crippen LogP) is 5.11. The van der Waals surface area contributed by atoms with E-state index in [-0.39, 0.29) is 30.8 Å². The fourth-order valence-electron chi connectivity index (χ4n) is 5.18. The van der Waals surface area contributed by atoms with Gasteiger partial charge in [-0.1, -0.05) is 74.2 Å². The van der Waals surface area contributed by atoms with Gasteiger partial charge in [-0.2, -0.15) is 0 Å². The SMILES string of the molecule is CC[C@H](C(=O)NC1CCCCC1)N(Cc1ccc(C)cc1)C(=O)CCCN(c1ccccc1C)S(C)(=O)=O. The van der Waals surface area contributed by atoms with Crippen LogP contribution in [0.1, 0.15) is 75.0 Å². The average molecular weight is 542 g/mol. The summed E-state index contributed by atoms with van der Waals surface area (Å²) in [6.45, 7) is 6.35. The van der Waals surface area contributed by atoms with E-state index in [4.69, 9.17) is 0 Å². The number of sulfonamides is 1. The van der Waals surface area contributed by atoms with Gasteiger partial charge in [0.15, 0.2) is 0 Å². The summed E-state index contributed by atoms with van der Waals surface area (Å²) < 4.78 is 26.5. The number of para-hydroxylation sites is 1. The molecular formula is C30H43N3O4S. The zero-order chi connectivity index (χ0) is 27.7. The lowest BCUT2D eigenvalue weighted by Gasteiger charge is -2.33. The van der Waals surface area contributed by atoms with Crippen molar-refractivity contribution in [3.05, 3.63) is 65.2 Å². The van der Waals surface area contributed by atoms with Crippen LogP contribution in [0.25, 0.3) is 0 Å². The minimum Gasteiger partial charge on any atom is -0.352 e. The maximum Gasteiger partial charge on any atom is 0.243 e. The average Bonchev–Trinajstić information content (AvgIpc) is 2.88. The number of anilines is 1. The molecule has 1 fully saturated rings. The summed E-state index contributed by atoms with van der Waals surface area (Å²) in [4.78, 5) is 28.7. The van der Waals surface area contributed by atoms with Crippen molar-refractivity contribution in [1.82, 2.24) is 10.2 Å². The molecule has 208 valence electrons. The van der Waals surface area contributed by atoms with E-state index in [1.807, 2.05) is 63.2 Å². The Kier molecular flexibility index (Phi) is 10.8. The van der Waals surface area contributed by atoms with Crippen molar-refractivity contribution in [3.63, 3.8) is 0 Å². The van der Waals surface area contributed by atoms with Crippen LogP contribution in [-0.2, 0) is 26.2 Å². The smallest absolute Gasteiger partial charge is 0.243 e. The van der Waals surface area contributed by atoms with Gasteiger partial charge in [0.2, 0.25) is 21.8 Å². The van der Waals surface area contributed by atoms with E-state index >= 15 is 0 Å². The van der Waals surface area contributed by atoms with Gasteiger partial charge >= 0.3 is 0 Å². The quantitative estimate of drug-likeness (QED) is 0.405. The molecule has 0 saturated heterocycles. The molecule has 38 heavy (non-hydrogen) atoms. The van der Waals surface area contributed by atoms with Gasteiger partial charge in [0.1, 0.15) is 6.04 Å². The number of hydrogen-bond acceptors (Lipinski definition) is 4. The maximum atomic E-state index is 13.6. The number of rotatable bonds is 12. The molecular weight excluding hydrogens is 498 g/mol. The number of amides is 2. The van der Waals surface area contributed by atoms with Gasteiger partial charge in [-0.15, -0.1) is 0 Å². The number of carbonyl (C=O) groups excluding carboxylic acids is 2. The number of carbonyl (C=O) groups is 2. The van der Waals surface area contributed by atoms with Crippen molar-refractivity contribution in [2.45, 2.75) is 90.8 Å². The highest BCUT2D eigenvalue weighted by Crippen LogP contribution is 2.23. The van der Waals surface area contributed by atoms with Gasteiger partial charge in [-0.05, 0) is 56.7 Å². The summed E-state index contributed by atoms with van der Waals surface area (Å²) in [6, 6.07) is 14.9. The van der Waals surface area contributed by atoms with Gasteiger partial charge in [-0.3, -0.25) is 13.9 Å². The zero-order valence-corrected chi connectivity index (χ0v) is 24.1. The van der Waals surface area contributed by atoms with Crippen LogP contribution in [0.15, 0.2) is 48.5 Å². The van der Waals surface area contributed by atoms with Gasteiger partial charge in [-0.25, -0.2) is 8.42 Å². The topological polar surface area (TPSA) is 86.8 Å². The van der Waals surface area contributed by atoms with Crippen molar-refractivity contribution in [2.75, 3.05) is 17.1 Å². The van der Waals surface area contributed by atoms with Crippen molar-refractivity contribution >= 4 is 27.5 Å². The normalized spacial score (nSPS) is 15.1. The summed E-state index contributed by atoms with van der Waals surface area (Å²) in [6.07, 6.45) is 7.60. The number of hydrogen-bond donors (Lipinski definition) is 1. The molecule has 1 aliphatic carbocycles. The third kappa shape index (κ3) is 8.32. The lowest BCUT2D eigenvalue weighted by atomic mass is 9.95. The Morgan fingerprint density at radius 1 is 1.00 bits per heavy atom. The van der Waals surface area contributed by atoms with Crippen LogP contribution < -0.4 is 9.62 Å². The molecule has 3 rings (SSSR count). The lowest BCUT2D eigenvalue weighted by Crippen LogP contribution is -2.51. The van der Waals surface area contributed by atoms with E-state index in [9.17, 15) is 18.0 Å². The minimum absolute atomic E-state index is 0.0995. The minimum atomic E-state index is -3.52. The van der Waals surface area contributed by atoms with Crippen molar-refractivity contribution in [1.29, 1.82) is 0 Å². The molecule has 0 bridgehead atoms. The highest BCUT2D eigenvalue weighted by molar-refractivity contribution is 7.92. The van der Waals surface area contributed by atoms with E-state index in [1.165, 1.54) is 17.0 Å². The molecule has 0 aromatic heterocycles. The highest BCUT2D eigenvalue weighted by atomic mass is 32.2. The first kappa shape index (κ1) is 29.7. The fourth-order valence-corrected chi connectivity index (χ4v) is 6.20. The molecule has 7 nitrogen and oxygen atoms in total. The molecule has 0 heterocycles. The summed E-state index contributed by atoms with van der Waals surface area (Å²) in [7, 11) is -3.52. The Morgan fingerprint density at radius 2 is 1.66 bits per heavy atom. The van der Waals surface area contributed by atoms with E-state index in [0.717, 1.165) is 42.4 Å². The van der Waals surface area contributed by atoms with E-state index in [2.05, 4.69) is 5.32 Å².